The summed E-state index contributed by atoms with van der Waals surface area (Å²) < 4.78 is 7.87. The van der Waals surface area contributed by atoms with Crippen molar-refractivity contribution in [1.82, 2.24) is 0 Å². The third-order valence-corrected chi connectivity index (χ3v) is 24.7. The molecule has 37 heavy (non-hydrogen) atoms. The number of rotatable bonds is 20. The van der Waals surface area contributed by atoms with Crippen LogP contribution in [0.15, 0.2) is 0 Å². The summed E-state index contributed by atoms with van der Waals surface area (Å²) in [7, 11) is 0. The van der Waals surface area contributed by atoms with Gasteiger partial charge in [0.15, 0.2) is 0 Å². The van der Waals surface area contributed by atoms with Gasteiger partial charge in [0.2, 0.25) is 0 Å². The van der Waals surface area contributed by atoms with E-state index in [9.17, 15) is 0 Å². The van der Waals surface area contributed by atoms with Crippen LogP contribution in [-0.2, 0) is 12.8 Å². The molecule has 0 aromatic carbocycles. The molecule has 0 spiro atoms. The second-order valence-electron chi connectivity index (χ2n) is 13.6. The van der Waals surface area contributed by atoms with Gasteiger partial charge in [0, 0.05) is 0 Å². The van der Waals surface area contributed by atoms with Crippen LogP contribution in [0.5, 0.6) is 0 Å². The van der Waals surface area contributed by atoms with Crippen LogP contribution in [0.2, 0.25) is 18.2 Å². The average molecular weight is 758 g/mol. The number of thiophene rings is 2. The van der Waals surface area contributed by atoms with Gasteiger partial charge in [0.1, 0.15) is 0 Å². The number of hydrogen-bond donors (Lipinski definition) is 0. The first-order valence-electron chi connectivity index (χ1n) is 15.9. The van der Waals surface area contributed by atoms with E-state index in [2.05, 4.69) is 72.1 Å². The third-order valence-electron chi connectivity index (χ3n) is 7.44. The predicted molar refractivity (Wildman–Crippen MR) is 180 cm³/mol. The van der Waals surface area contributed by atoms with Crippen LogP contribution in [0.25, 0.3) is 9.40 Å². The number of aryl methyl sites for hydroxylation is 2. The van der Waals surface area contributed by atoms with Crippen LogP contribution >= 0.6 is 22.7 Å². The molecule has 0 saturated heterocycles. The monoisotopic (exact) mass is 760 g/mol. The summed E-state index contributed by atoms with van der Waals surface area (Å²) in [5.41, 5.74) is 3.69. The zero-order valence-corrected chi connectivity index (χ0v) is 33.4. The Morgan fingerprint density at radius 3 is 1.41 bits per heavy atom. The van der Waals surface area contributed by atoms with Crippen LogP contribution in [0.3, 0.4) is 0 Å². The summed E-state index contributed by atoms with van der Waals surface area (Å²) >= 11 is 1.87. The Morgan fingerprint density at radius 1 is 0.568 bits per heavy atom. The Hall–Kier alpha value is 1.26. The molecule has 4 heteroatoms. The van der Waals surface area contributed by atoms with Crippen molar-refractivity contribution < 1.29 is 0 Å². The maximum atomic E-state index is 2.66. The second-order valence-corrected chi connectivity index (χ2v) is 38.4. The summed E-state index contributed by atoms with van der Waals surface area (Å²) in [5.74, 6) is 0. The first-order valence-corrected chi connectivity index (χ1v) is 30.4. The van der Waals surface area contributed by atoms with E-state index in [1.54, 1.807) is 9.40 Å². The van der Waals surface area contributed by atoms with E-state index in [-0.39, 0.29) is 0 Å². The topological polar surface area (TPSA) is 0 Å². The predicted octanol–water partition coefficient (Wildman–Crippen LogP) is 11.4. The van der Waals surface area contributed by atoms with E-state index in [0.717, 1.165) is 0 Å². The van der Waals surface area contributed by atoms with Crippen molar-refractivity contribution >= 4 is 77.4 Å². The quantitative estimate of drug-likeness (QED) is 0.0932. The van der Waals surface area contributed by atoms with Gasteiger partial charge >= 0.3 is 257 Å². The third kappa shape index (κ3) is 12.8. The van der Waals surface area contributed by atoms with Crippen molar-refractivity contribution in [2.45, 2.75) is 168 Å². The van der Waals surface area contributed by atoms with Crippen molar-refractivity contribution in [3.05, 3.63) is 11.1 Å². The van der Waals surface area contributed by atoms with Crippen molar-refractivity contribution in [2.75, 3.05) is 0 Å². The van der Waals surface area contributed by atoms with E-state index in [1.807, 2.05) is 16.9 Å². The molecular formula is C33H60S2Sn2. The molecule has 0 bridgehead atoms. The Balaban J connectivity index is 2.13. The van der Waals surface area contributed by atoms with E-state index < -0.39 is 39.5 Å². The molecule has 0 N–H and O–H groups in total. The van der Waals surface area contributed by atoms with Gasteiger partial charge in [-0.2, -0.15) is 0 Å². The van der Waals surface area contributed by atoms with Crippen molar-refractivity contribution in [3.8, 4) is 0 Å². The Bertz CT molecular complexity index is 879. The standard InChI is InChI=1S/C26H42S2.C4H9.3CH3.2Sn/c1-3-5-7-9-11-13-15-17-19-23-21-27-26-24(22-28-25(23)26)20-18-16-14-12-10-8-6-4-2;1-4(2)3;;;;;/h3-20H2,1-2H3;1-3H3;3*1H3;;. The van der Waals surface area contributed by atoms with Gasteiger partial charge in [-0.3, -0.25) is 0 Å². The Labute approximate surface area is 254 Å². The molecule has 0 amide bonds. The number of fused-ring (bicyclic) bond motifs is 1. The Morgan fingerprint density at radius 2 is 0.973 bits per heavy atom. The normalized spacial score (nSPS) is 12.8. The molecule has 212 valence electrons. The zero-order valence-electron chi connectivity index (χ0n) is 26.0. The maximum absolute atomic E-state index is 2.66. The fraction of sp³-hybridized carbons (Fsp3) is 0.818. The molecule has 0 aliphatic rings. The van der Waals surface area contributed by atoms with Crippen LogP contribution in [-0.4, -0.2) is 39.5 Å². The summed E-state index contributed by atoms with van der Waals surface area (Å²) in [5, 5.41) is 0. The minimum absolute atomic E-state index is 0.536. The molecule has 0 saturated carbocycles. The van der Waals surface area contributed by atoms with Gasteiger partial charge in [-0.25, -0.2) is 0 Å². The SMILES string of the molecule is CCCCCCCCCCc1[c]([Sn][C](C)(C)C)sc2c(CCCCCCCCCC)[c]([Sn]([CH3])([CH3])[CH3])sc12. The molecule has 0 unspecified atom stereocenters. The average Bonchev–Trinajstić information content (AvgIpc) is 3.32. The molecule has 2 radical (unpaired) electrons. The van der Waals surface area contributed by atoms with Gasteiger partial charge in [-0.1, -0.05) is 0 Å². The zero-order chi connectivity index (χ0) is 27.3. The number of hydrogen-bond acceptors (Lipinski definition) is 2. The summed E-state index contributed by atoms with van der Waals surface area (Å²) in [6.45, 7) is 12.2. The van der Waals surface area contributed by atoms with Gasteiger partial charge in [0.25, 0.3) is 0 Å². The van der Waals surface area contributed by atoms with E-state index in [1.165, 1.54) is 116 Å². The van der Waals surface area contributed by atoms with Crippen LogP contribution in [0.1, 0.15) is 148 Å². The minimum atomic E-state index is -2.14. The van der Waals surface area contributed by atoms with Gasteiger partial charge in [-0.15, -0.1) is 0 Å². The molecule has 2 rings (SSSR count). The summed E-state index contributed by atoms with van der Waals surface area (Å²) in [4.78, 5) is 7.98. The molecule has 0 atom stereocenters. The van der Waals surface area contributed by atoms with Crippen molar-refractivity contribution in [3.63, 3.8) is 0 Å². The summed E-state index contributed by atoms with van der Waals surface area (Å²) in [6.07, 6.45) is 25.6. The number of unbranched alkanes of at least 4 members (excludes halogenated alkanes) is 14. The molecular weight excluding hydrogens is 698 g/mol. The molecule has 0 aliphatic carbocycles. The van der Waals surface area contributed by atoms with E-state index >= 15 is 0 Å². The Kier molecular flexibility index (Phi) is 16.7. The van der Waals surface area contributed by atoms with Crippen LogP contribution in [0, 0.1) is 0 Å². The van der Waals surface area contributed by atoms with Crippen LogP contribution < -0.4 is 5.79 Å². The molecule has 0 fully saturated rings. The van der Waals surface area contributed by atoms with Gasteiger partial charge < -0.3 is 0 Å². The van der Waals surface area contributed by atoms with E-state index in [0.29, 0.717) is 3.43 Å². The fourth-order valence-corrected chi connectivity index (χ4v) is 22.0. The van der Waals surface area contributed by atoms with Crippen molar-refractivity contribution in [2.24, 2.45) is 0 Å². The molecule has 2 aromatic heterocycles. The van der Waals surface area contributed by atoms with Crippen LogP contribution in [0.4, 0.5) is 0 Å². The van der Waals surface area contributed by atoms with E-state index in [4.69, 9.17) is 0 Å². The first kappa shape index (κ1) is 34.5. The van der Waals surface area contributed by atoms with Gasteiger partial charge in [-0.05, 0) is 0 Å². The summed E-state index contributed by atoms with van der Waals surface area (Å²) in [6, 6.07) is 0. The second kappa shape index (κ2) is 17.9. The first-order chi connectivity index (χ1) is 17.6. The van der Waals surface area contributed by atoms with Gasteiger partial charge in [0.05, 0.1) is 0 Å². The fourth-order valence-electron chi connectivity index (χ4n) is 5.40. The molecule has 2 heterocycles. The molecule has 2 aromatic rings. The van der Waals surface area contributed by atoms with Crippen molar-refractivity contribution in [1.29, 1.82) is 0 Å². The molecule has 0 aliphatic heterocycles. The molecule has 0 nitrogen and oxygen atoms in total.